The van der Waals surface area contributed by atoms with Gasteiger partial charge in [-0.1, -0.05) is 45.0 Å². The zero-order valence-corrected chi connectivity index (χ0v) is 21.7. The van der Waals surface area contributed by atoms with Gasteiger partial charge in [0, 0.05) is 23.5 Å². The summed E-state index contributed by atoms with van der Waals surface area (Å²) in [5.41, 5.74) is -0.0601. The first kappa shape index (κ1) is 26.1. The molecule has 1 saturated carbocycles. The molecular formula is C28H37FN4O3. The van der Waals surface area contributed by atoms with E-state index in [9.17, 15) is 18.8 Å². The number of carbonyl (C=O) groups excluding carboxylic acids is 3. The lowest BCUT2D eigenvalue weighted by Gasteiger charge is -2.38. The standard InChI is InChI=1S/C28H37FN4O3/c1-16(30-5)25(34)32-24(28(2,3)4)27(36)33-15-14-17-10-13-22(23(17)33)31-26(35)20-11-12-21(29)19-9-7-6-8-18(19)20/h6-9,11-12,16-17,22-24,30H,10,13-15H2,1-5H3,(H,31,35)(H,32,34). The van der Waals surface area contributed by atoms with Crippen LogP contribution in [-0.4, -0.2) is 60.4 Å². The first-order valence-electron chi connectivity index (χ1n) is 12.8. The molecule has 1 heterocycles. The van der Waals surface area contributed by atoms with Gasteiger partial charge in [0.1, 0.15) is 11.9 Å². The Labute approximate surface area is 212 Å². The number of fused-ring (bicyclic) bond motifs is 2. The SMILES string of the molecule is CNC(C)C(=O)NC(C(=O)N1CCC2CCC(NC(=O)c3ccc(F)c4ccccc34)C21)C(C)(C)C. The fourth-order valence-electron chi connectivity index (χ4n) is 5.64. The molecule has 4 rings (SSSR count). The monoisotopic (exact) mass is 496 g/mol. The zero-order chi connectivity index (χ0) is 26.2. The first-order chi connectivity index (χ1) is 17.0. The molecule has 8 heteroatoms. The van der Waals surface area contributed by atoms with E-state index < -0.39 is 17.5 Å². The van der Waals surface area contributed by atoms with E-state index in [4.69, 9.17) is 0 Å². The number of halogens is 1. The molecule has 5 unspecified atom stereocenters. The second-order valence-electron chi connectivity index (χ2n) is 11.2. The Morgan fingerprint density at radius 3 is 2.39 bits per heavy atom. The summed E-state index contributed by atoms with van der Waals surface area (Å²) in [7, 11) is 1.71. The van der Waals surface area contributed by atoms with Crippen LogP contribution >= 0.6 is 0 Å². The average molecular weight is 497 g/mol. The highest BCUT2D eigenvalue weighted by Crippen LogP contribution is 2.39. The van der Waals surface area contributed by atoms with Gasteiger partial charge in [0.25, 0.3) is 5.91 Å². The van der Waals surface area contributed by atoms with Crippen molar-refractivity contribution in [3.8, 4) is 0 Å². The largest absolute Gasteiger partial charge is 0.347 e. The topological polar surface area (TPSA) is 90.5 Å². The van der Waals surface area contributed by atoms with Crippen molar-refractivity contribution in [2.75, 3.05) is 13.6 Å². The van der Waals surface area contributed by atoms with Crippen LogP contribution < -0.4 is 16.0 Å². The molecule has 0 bridgehead atoms. The number of likely N-dealkylation sites (tertiary alicyclic amines) is 1. The number of nitrogens with one attached hydrogen (secondary N) is 3. The van der Waals surface area contributed by atoms with Crippen molar-refractivity contribution in [2.24, 2.45) is 11.3 Å². The molecule has 2 aromatic carbocycles. The van der Waals surface area contributed by atoms with Crippen molar-refractivity contribution in [1.82, 2.24) is 20.9 Å². The number of benzene rings is 2. The van der Waals surface area contributed by atoms with Crippen LogP contribution in [0, 0.1) is 17.2 Å². The van der Waals surface area contributed by atoms with Gasteiger partial charge in [0.15, 0.2) is 0 Å². The molecule has 2 aromatic rings. The fraction of sp³-hybridized carbons (Fsp3) is 0.536. The predicted octanol–water partition coefficient (Wildman–Crippen LogP) is 3.23. The molecule has 2 fully saturated rings. The van der Waals surface area contributed by atoms with E-state index >= 15 is 0 Å². The minimum absolute atomic E-state index is 0.111. The summed E-state index contributed by atoms with van der Waals surface area (Å²) in [5, 5.41) is 10.0. The van der Waals surface area contributed by atoms with Crippen molar-refractivity contribution in [2.45, 2.75) is 71.1 Å². The molecule has 0 radical (unpaired) electrons. The van der Waals surface area contributed by atoms with Crippen LogP contribution in [0.3, 0.4) is 0 Å². The van der Waals surface area contributed by atoms with Crippen molar-refractivity contribution < 1.29 is 18.8 Å². The Morgan fingerprint density at radius 1 is 1.03 bits per heavy atom. The fourth-order valence-corrected chi connectivity index (χ4v) is 5.64. The van der Waals surface area contributed by atoms with Gasteiger partial charge in [0.2, 0.25) is 11.8 Å². The molecule has 5 atom stereocenters. The molecule has 0 spiro atoms. The van der Waals surface area contributed by atoms with E-state index in [1.165, 1.54) is 12.1 Å². The number of amides is 3. The maximum absolute atomic E-state index is 14.3. The summed E-state index contributed by atoms with van der Waals surface area (Å²) in [4.78, 5) is 41.7. The van der Waals surface area contributed by atoms with Gasteiger partial charge in [-0.25, -0.2) is 4.39 Å². The van der Waals surface area contributed by atoms with Gasteiger partial charge in [0.05, 0.1) is 12.1 Å². The minimum Gasteiger partial charge on any atom is -0.347 e. The van der Waals surface area contributed by atoms with Crippen LogP contribution in [0.2, 0.25) is 0 Å². The second kappa shape index (κ2) is 10.2. The molecule has 36 heavy (non-hydrogen) atoms. The smallest absolute Gasteiger partial charge is 0.252 e. The lowest BCUT2D eigenvalue weighted by atomic mass is 9.85. The van der Waals surface area contributed by atoms with Crippen molar-refractivity contribution in [3.63, 3.8) is 0 Å². The predicted molar refractivity (Wildman–Crippen MR) is 138 cm³/mol. The maximum Gasteiger partial charge on any atom is 0.252 e. The van der Waals surface area contributed by atoms with Crippen LogP contribution in [0.1, 0.15) is 57.3 Å². The summed E-state index contributed by atoms with van der Waals surface area (Å²) < 4.78 is 14.3. The van der Waals surface area contributed by atoms with Crippen LogP contribution in [0.4, 0.5) is 4.39 Å². The van der Waals surface area contributed by atoms with Crippen molar-refractivity contribution >= 4 is 28.5 Å². The van der Waals surface area contributed by atoms with Crippen molar-refractivity contribution in [1.29, 1.82) is 0 Å². The molecule has 1 aliphatic carbocycles. The van der Waals surface area contributed by atoms with Crippen molar-refractivity contribution in [3.05, 3.63) is 47.8 Å². The highest BCUT2D eigenvalue weighted by molar-refractivity contribution is 6.07. The number of likely N-dealkylation sites (N-methyl/N-ethyl adjacent to an activating group) is 1. The molecule has 0 aromatic heterocycles. The van der Waals surface area contributed by atoms with Gasteiger partial charge < -0.3 is 20.9 Å². The van der Waals surface area contributed by atoms with Crippen LogP contribution in [0.25, 0.3) is 10.8 Å². The second-order valence-corrected chi connectivity index (χ2v) is 11.2. The third-order valence-electron chi connectivity index (χ3n) is 7.79. The van der Waals surface area contributed by atoms with Gasteiger partial charge in [-0.2, -0.15) is 0 Å². The molecule has 7 nitrogen and oxygen atoms in total. The summed E-state index contributed by atoms with van der Waals surface area (Å²) in [6.45, 7) is 8.19. The van der Waals surface area contributed by atoms with Crippen LogP contribution in [0.5, 0.6) is 0 Å². The Balaban J connectivity index is 1.55. The normalized spacial score (nSPS) is 23.3. The van der Waals surface area contributed by atoms with E-state index in [0.29, 0.717) is 28.8 Å². The summed E-state index contributed by atoms with van der Waals surface area (Å²) in [5.74, 6) is -0.657. The molecule has 1 aliphatic heterocycles. The third-order valence-corrected chi connectivity index (χ3v) is 7.79. The van der Waals surface area contributed by atoms with Gasteiger partial charge >= 0.3 is 0 Å². The molecule has 3 N–H and O–H groups in total. The number of carbonyl (C=O) groups is 3. The Kier molecular flexibility index (Phi) is 7.36. The van der Waals surface area contributed by atoms with E-state index in [1.54, 1.807) is 38.2 Å². The Bertz CT molecular complexity index is 1160. The summed E-state index contributed by atoms with van der Waals surface area (Å²) >= 11 is 0. The highest BCUT2D eigenvalue weighted by atomic mass is 19.1. The molecule has 1 saturated heterocycles. The molecule has 194 valence electrons. The quantitative estimate of drug-likeness (QED) is 0.573. The number of nitrogens with zero attached hydrogens (tertiary/aromatic N) is 1. The van der Waals surface area contributed by atoms with Gasteiger partial charge in [-0.15, -0.1) is 0 Å². The van der Waals surface area contributed by atoms with E-state index in [0.717, 1.165) is 19.3 Å². The number of hydrogen-bond acceptors (Lipinski definition) is 4. The minimum atomic E-state index is -0.683. The number of hydrogen-bond donors (Lipinski definition) is 3. The highest BCUT2D eigenvalue weighted by Gasteiger charge is 2.49. The van der Waals surface area contributed by atoms with Crippen LogP contribution in [0.15, 0.2) is 36.4 Å². The molecule has 2 aliphatic rings. The number of rotatable bonds is 6. The van der Waals surface area contributed by atoms with E-state index in [-0.39, 0.29) is 35.6 Å². The summed E-state index contributed by atoms with van der Waals surface area (Å²) in [6, 6.07) is 8.36. The van der Waals surface area contributed by atoms with Crippen LogP contribution in [-0.2, 0) is 9.59 Å². The molecular weight excluding hydrogens is 459 g/mol. The lowest BCUT2D eigenvalue weighted by molar-refractivity contribution is -0.141. The van der Waals surface area contributed by atoms with Gasteiger partial charge in [-0.3, -0.25) is 14.4 Å². The van der Waals surface area contributed by atoms with E-state index in [2.05, 4.69) is 16.0 Å². The van der Waals surface area contributed by atoms with E-state index in [1.807, 2.05) is 25.7 Å². The summed E-state index contributed by atoms with van der Waals surface area (Å²) in [6.07, 6.45) is 2.57. The maximum atomic E-state index is 14.3. The van der Waals surface area contributed by atoms with Gasteiger partial charge in [-0.05, 0) is 62.1 Å². The zero-order valence-electron chi connectivity index (χ0n) is 21.7. The third kappa shape index (κ3) is 4.96. The Morgan fingerprint density at radius 2 is 1.72 bits per heavy atom. The average Bonchev–Trinajstić information content (AvgIpc) is 3.44. The first-order valence-corrected chi connectivity index (χ1v) is 12.8. The lowest BCUT2D eigenvalue weighted by Crippen LogP contribution is -2.60. The Hall–Kier alpha value is -3.00. The molecule has 3 amide bonds.